The number of phenols is 1. The van der Waals surface area contributed by atoms with Gasteiger partial charge in [-0.2, -0.15) is 0 Å². The molecule has 0 spiro atoms. The summed E-state index contributed by atoms with van der Waals surface area (Å²) in [6, 6.07) is 14.1. The molecule has 6 rings (SSSR count). The largest absolute Gasteiger partial charge is 0.504 e. The number of nitrogens with zero attached hydrogens (tertiary/aromatic N) is 1. The second-order valence-electron chi connectivity index (χ2n) is 12.2. The highest BCUT2D eigenvalue weighted by Crippen LogP contribution is 2.51. The quantitative estimate of drug-likeness (QED) is 0.137. The highest BCUT2D eigenvalue weighted by molar-refractivity contribution is 14.1. The molecular formula is C35H40INO6. The molecule has 43 heavy (non-hydrogen) atoms. The van der Waals surface area contributed by atoms with Gasteiger partial charge in [0.25, 0.3) is 0 Å². The Morgan fingerprint density at radius 3 is 2.56 bits per heavy atom. The van der Waals surface area contributed by atoms with E-state index >= 15 is 0 Å². The summed E-state index contributed by atoms with van der Waals surface area (Å²) in [5.74, 6) is -0.0879. The van der Waals surface area contributed by atoms with Crippen LogP contribution in [0.15, 0.2) is 53.6 Å². The molecule has 7 nitrogen and oxygen atoms in total. The smallest absolute Gasteiger partial charge is 0.234 e. The number of hydrogen-bond acceptors (Lipinski definition) is 6. The van der Waals surface area contributed by atoms with Crippen LogP contribution in [-0.4, -0.2) is 61.4 Å². The maximum Gasteiger partial charge on any atom is 0.234 e. The van der Waals surface area contributed by atoms with Gasteiger partial charge in [0.2, 0.25) is 11.8 Å². The molecule has 3 fully saturated rings. The predicted molar refractivity (Wildman–Crippen MR) is 173 cm³/mol. The number of fused-ring (bicyclic) bond motifs is 3. The Morgan fingerprint density at radius 2 is 1.84 bits per heavy atom. The first-order valence-corrected chi connectivity index (χ1v) is 16.5. The van der Waals surface area contributed by atoms with E-state index < -0.39 is 0 Å². The number of likely N-dealkylation sites (tertiary alicyclic amines) is 1. The summed E-state index contributed by atoms with van der Waals surface area (Å²) >= 11 is 2.12. The zero-order valence-electron chi connectivity index (χ0n) is 24.9. The van der Waals surface area contributed by atoms with E-state index in [0.29, 0.717) is 25.4 Å². The lowest BCUT2D eigenvalue weighted by atomic mass is 9.69. The average Bonchev–Trinajstić information content (AvgIpc) is 3.56. The standard InChI is InChI=1S/C35H40INO6/c1-41-19-24-18-26-32(35(40)37(34(26)39)25-11-7-4-8-12-25)27-20-43-29(31(24)27)14-13-23(22-9-5-3-6-10-22)15-21-16-28(36)33(38)30(17-21)42-2/h3,5-6,9-10,15-17,25-27,29,32,38H,4,7-8,11-14,18-20H2,1-2H3/b23-15-/t26-,27+,29-,32-/m1/s1. The number of allylic oxidation sites excluding steroid dienone is 1. The van der Waals surface area contributed by atoms with E-state index in [1.165, 1.54) is 12.0 Å². The van der Waals surface area contributed by atoms with E-state index in [2.05, 4.69) is 40.8 Å². The molecule has 2 aliphatic heterocycles. The van der Waals surface area contributed by atoms with Crippen molar-refractivity contribution >= 4 is 46.1 Å². The Hall–Kier alpha value is -2.69. The first-order valence-electron chi connectivity index (χ1n) is 15.4. The number of aromatic hydroxyl groups is 1. The second kappa shape index (κ2) is 13.1. The lowest BCUT2D eigenvalue weighted by molar-refractivity contribution is -0.143. The van der Waals surface area contributed by atoms with Crippen LogP contribution < -0.4 is 4.74 Å². The summed E-state index contributed by atoms with van der Waals surface area (Å²) in [4.78, 5) is 29.2. The minimum atomic E-state index is -0.328. The van der Waals surface area contributed by atoms with Crippen molar-refractivity contribution in [2.24, 2.45) is 17.8 Å². The van der Waals surface area contributed by atoms with Gasteiger partial charge in [-0.15, -0.1) is 0 Å². The zero-order chi connectivity index (χ0) is 30.1. The predicted octanol–water partition coefficient (Wildman–Crippen LogP) is 6.62. The fourth-order valence-corrected chi connectivity index (χ4v) is 8.40. The molecule has 2 saturated heterocycles. The van der Waals surface area contributed by atoms with Gasteiger partial charge in [-0.1, -0.05) is 55.7 Å². The van der Waals surface area contributed by atoms with Crippen LogP contribution in [0.2, 0.25) is 0 Å². The number of carbonyl (C=O) groups excluding carboxylic acids is 2. The van der Waals surface area contributed by atoms with E-state index in [-0.39, 0.29) is 47.5 Å². The van der Waals surface area contributed by atoms with Crippen molar-refractivity contribution in [1.82, 2.24) is 4.90 Å². The lowest BCUT2D eigenvalue weighted by Gasteiger charge is -2.31. The van der Waals surface area contributed by atoms with Gasteiger partial charge in [0, 0.05) is 19.1 Å². The number of benzene rings is 2. The van der Waals surface area contributed by atoms with Crippen molar-refractivity contribution in [1.29, 1.82) is 0 Å². The fraction of sp³-hybridized carbons (Fsp3) is 0.486. The van der Waals surface area contributed by atoms with Crippen LogP contribution in [-0.2, 0) is 19.1 Å². The number of hydrogen-bond donors (Lipinski definition) is 1. The SMILES string of the molecule is COCC1=C2[C@@H](CC/C(=C/c3cc(I)c(O)c(OC)c3)c3ccccc3)OC[C@@H]2[C@@H]2C(=O)N(C3CCCCC3)C(=O)[C@@H]2C1. The summed E-state index contributed by atoms with van der Waals surface area (Å²) < 4.78 is 18.3. The zero-order valence-corrected chi connectivity index (χ0v) is 27.0. The summed E-state index contributed by atoms with van der Waals surface area (Å²) in [6.45, 7) is 0.913. The number of amides is 2. The molecule has 4 aliphatic rings. The van der Waals surface area contributed by atoms with E-state index in [0.717, 1.165) is 64.4 Å². The molecule has 2 aliphatic carbocycles. The topological polar surface area (TPSA) is 85.3 Å². The van der Waals surface area contributed by atoms with Crippen LogP contribution in [0.5, 0.6) is 11.5 Å². The second-order valence-corrected chi connectivity index (χ2v) is 13.4. The molecule has 2 aromatic carbocycles. The first kappa shape index (κ1) is 30.3. The maximum atomic E-state index is 13.9. The molecule has 0 aromatic heterocycles. The van der Waals surface area contributed by atoms with Gasteiger partial charge >= 0.3 is 0 Å². The molecular weight excluding hydrogens is 657 g/mol. The van der Waals surface area contributed by atoms with Crippen LogP contribution >= 0.6 is 22.6 Å². The van der Waals surface area contributed by atoms with E-state index in [1.54, 1.807) is 19.1 Å². The van der Waals surface area contributed by atoms with Crippen LogP contribution in [0.4, 0.5) is 0 Å². The Labute approximate surface area is 267 Å². The van der Waals surface area contributed by atoms with Crippen molar-refractivity contribution in [3.8, 4) is 11.5 Å². The highest BCUT2D eigenvalue weighted by atomic mass is 127. The van der Waals surface area contributed by atoms with Crippen LogP contribution in [0.1, 0.15) is 62.5 Å². The van der Waals surface area contributed by atoms with Crippen molar-refractivity contribution < 1.29 is 28.9 Å². The minimum absolute atomic E-state index is 0.0193. The van der Waals surface area contributed by atoms with E-state index in [9.17, 15) is 14.7 Å². The van der Waals surface area contributed by atoms with Crippen molar-refractivity contribution in [3.63, 3.8) is 0 Å². The Bertz CT molecular complexity index is 1430. The molecule has 2 heterocycles. The highest BCUT2D eigenvalue weighted by Gasteiger charge is 2.58. The number of phenolic OH excluding ortho intramolecular Hbond substituents is 1. The van der Waals surface area contributed by atoms with Gasteiger partial charge in [0.05, 0.1) is 41.8 Å². The summed E-state index contributed by atoms with van der Waals surface area (Å²) in [6.07, 6.45) is 9.27. The lowest BCUT2D eigenvalue weighted by Crippen LogP contribution is -2.42. The van der Waals surface area contributed by atoms with Gasteiger partial charge in [-0.05, 0) is 94.7 Å². The molecule has 1 saturated carbocycles. The van der Waals surface area contributed by atoms with E-state index in [4.69, 9.17) is 14.2 Å². The maximum absolute atomic E-state index is 13.9. The summed E-state index contributed by atoms with van der Waals surface area (Å²) in [7, 11) is 3.25. The third-order valence-electron chi connectivity index (χ3n) is 9.73. The van der Waals surface area contributed by atoms with Gasteiger partial charge in [-0.3, -0.25) is 14.5 Å². The Balaban J connectivity index is 1.27. The minimum Gasteiger partial charge on any atom is -0.504 e. The molecule has 0 bridgehead atoms. The third-order valence-corrected chi connectivity index (χ3v) is 10.6. The number of imide groups is 1. The molecule has 0 unspecified atom stereocenters. The normalized spacial score (nSPS) is 26.2. The van der Waals surface area contributed by atoms with Crippen LogP contribution in [0.25, 0.3) is 11.6 Å². The number of methoxy groups -OCH3 is 2. The van der Waals surface area contributed by atoms with Gasteiger partial charge in [0.15, 0.2) is 11.5 Å². The number of rotatable bonds is 9. The first-order chi connectivity index (χ1) is 20.9. The molecule has 1 N–H and O–H groups in total. The monoisotopic (exact) mass is 697 g/mol. The van der Waals surface area contributed by atoms with Crippen LogP contribution in [0.3, 0.4) is 0 Å². The molecule has 8 heteroatoms. The number of halogens is 1. The van der Waals surface area contributed by atoms with Gasteiger partial charge in [0.1, 0.15) is 0 Å². The Morgan fingerprint density at radius 1 is 1.07 bits per heavy atom. The third kappa shape index (κ3) is 5.90. The molecule has 2 aromatic rings. The van der Waals surface area contributed by atoms with Crippen molar-refractivity contribution in [2.45, 2.75) is 63.5 Å². The molecule has 0 radical (unpaired) electrons. The van der Waals surface area contributed by atoms with Crippen molar-refractivity contribution in [2.75, 3.05) is 27.4 Å². The molecule has 2 amide bonds. The summed E-state index contributed by atoms with van der Waals surface area (Å²) in [5.41, 5.74) is 5.53. The number of ether oxygens (including phenoxy) is 3. The van der Waals surface area contributed by atoms with Crippen LogP contribution in [0, 0.1) is 21.3 Å². The van der Waals surface area contributed by atoms with Crippen molar-refractivity contribution in [3.05, 3.63) is 68.3 Å². The van der Waals surface area contributed by atoms with Gasteiger partial charge < -0.3 is 19.3 Å². The van der Waals surface area contributed by atoms with Gasteiger partial charge in [-0.25, -0.2) is 0 Å². The van der Waals surface area contributed by atoms with E-state index in [1.807, 2.05) is 30.3 Å². The Kier molecular flexibility index (Phi) is 9.26. The fourth-order valence-electron chi connectivity index (χ4n) is 7.78. The number of carbonyl (C=O) groups is 2. The summed E-state index contributed by atoms with van der Waals surface area (Å²) in [5, 5.41) is 10.4. The molecule has 228 valence electrons. The average molecular weight is 698 g/mol. The molecule has 4 atom stereocenters.